The van der Waals surface area contributed by atoms with E-state index in [-0.39, 0.29) is 11.9 Å². The van der Waals surface area contributed by atoms with E-state index in [9.17, 15) is 4.39 Å². The third-order valence-electron chi connectivity index (χ3n) is 2.59. The summed E-state index contributed by atoms with van der Waals surface area (Å²) in [7, 11) is 1.87. The van der Waals surface area contributed by atoms with Crippen LogP contribution in [-0.4, -0.2) is 7.05 Å². The molecule has 4 heteroatoms. The highest BCUT2D eigenvalue weighted by Crippen LogP contribution is 2.33. The normalized spacial score (nSPS) is 12.6. The molecule has 1 N–H and O–H groups in total. The molecule has 2 aromatic rings. The zero-order valence-electron chi connectivity index (χ0n) is 9.74. The average Bonchev–Trinajstić information content (AvgIpc) is 2.83. The van der Waals surface area contributed by atoms with Crippen LogP contribution in [0.3, 0.4) is 0 Å². The zero-order valence-corrected chi connectivity index (χ0v) is 11.4. The Morgan fingerprint density at radius 3 is 2.76 bits per heavy atom. The fraction of sp³-hybridized carbons (Fsp3) is 0.231. The number of thiophene rings is 1. The van der Waals surface area contributed by atoms with Crippen molar-refractivity contribution in [3.8, 4) is 0 Å². The lowest BCUT2D eigenvalue weighted by Crippen LogP contribution is -2.12. The second kappa shape index (κ2) is 5.67. The lowest BCUT2D eigenvalue weighted by molar-refractivity contribution is 0.587. The lowest BCUT2D eigenvalue weighted by atomic mass is 10.1. The fourth-order valence-electron chi connectivity index (χ4n) is 1.47. The van der Waals surface area contributed by atoms with Crippen LogP contribution in [0.5, 0.6) is 0 Å². The molecule has 0 bridgehead atoms. The van der Waals surface area contributed by atoms with E-state index < -0.39 is 0 Å². The molecule has 0 radical (unpaired) electrons. The zero-order chi connectivity index (χ0) is 12.3. The van der Waals surface area contributed by atoms with E-state index in [0.717, 1.165) is 9.77 Å². The Hall–Kier alpha value is -0.840. The summed E-state index contributed by atoms with van der Waals surface area (Å²) in [6.45, 7) is 2.01. The smallest absolute Gasteiger partial charge is 0.137 e. The molecule has 0 aliphatic heterocycles. The summed E-state index contributed by atoms with van der Waals surface area (Å²) in [6.07, 6.45) is 0. The summed E-state index contributed by atoms with van der Waals surface area (Å²) in [4.78, 5) is 0.680. The molecule has 90 valence electrons. The Balaban J connectivity index is 2.20. The van der Waals surface area contributed by atoms with Crippen molar-refractivity contribution in [3.05, 3.63) is 47.1 Å². The van der Waals surface area contributed by atoms with Gasteiger partial charge >= 0.3 is 0 Å². The molecule has 1 unspecified atom stereocenters. The van der Waals surface area contributed by atoms with Gasteiger partial charge in [0.15, 0.2) is 0 Å². The molecule has 1 atom stereocenters. The number of rotatable bonds is 4. The van der Waals surface area contributed by atoms with Gasteiger partial charge < -0.3 is 5.32 Å². The van der Waals surface area contributed by atoms with Gasteiger partial charge in [-0.05, 0) is 43.1 Å². The van der Waals surface area contributed by atoms with Gasteiger partial charge in [-0.25, -0.2) is 4.39 Å². The molecule has 2 rings (SSSR count). The topological polar surface area (TPSA) is 12.0 Å². The minimum atomic E-state index is -0.150. The van der Waals surface area contributed by atoms with Crippen LogP contribution >= 0.6 is 23.1 Å². The summed E-state index contributed by atoms with van der Waals surface area (Å²) in [5.74, 6) is -0.150. The maximum absolute atomic E-state index is 13.9. The molecule has 0 saturated heterocycles. The van der Waals surface area contributed by atoms with Gasteiger partial charge in [-0.2, -0.15) is 0 Å². The number of halogens is 1. The predicted octanol–water partition coefficient (Wildman–Crippen LogP) is 4.32. The second-order valence-electron chi connectivity index (χ2n) is 3.73. The first-order valence-electron chi connectivity index (χ1n) is 5.39. The number of hydrogen-bond acceptors (Lipinski definition) is 3. The molecule has 0 aliphatic rings. The SMILES string of the molecule is CNC(C)c1ccc(Sc2cccs2)c(F)c1. The number of benzene rings is 1. The van der Waals surface area contributed by atoms with Crippen LogP contribution in [0, 0.1) is 5.82 Å². The van der Waals surface area contributed by atoms with Gasteiger partial charge in [0.25, 0.3) is 0 Å². The van der Waals surface area contributed by atoms with Crippen molar-refractivity contribution >= 4 is 23.1 Å². The first-order chi connectivity index (χ1) is 8.20. The summed E-state index contributed by atoms with van der Waals surface area (Å²) in [5.41, 5.74) is 0.973. The van der Waals surface area contributed by atoms with Gasteiger partial charge in [0.2, 0.25) is 0 Å². The van der Waals surface area contributed by atoms with Crippen molar-refractivity contribution in [2.45, 2.75) is 22.1 Å². The lowest BCUT2D eigenvalue weighted by Gasteiger charge is -2.11. The summed E-state index contributed by atoms with van der Waals surface area (Å²) in [6, 6.07) is 9.58. The molecule has 1 aromatic heterocycles. The summed E-state index contributed by atoms with van der Waals surface area (Å²) >= 11 is 3.10. The Bertz CT molecular complexity index is 482. The van der Waals surface area contributed by atoms with Gasteiger partial charge in [0.1, 0.15) is 5.82 Å². The monoisotopic (exact) mass is 267 g/mol. The molecule has 0 saturated carbocycles. The molecule has 1 nitrogen and oxygen atoms in total. The fourth-order valence-corrected chi connectivity index (χ4v) is 3.20. The van der Waals surface area contributed by atoms with Crippen molar-refractivity contribution in [3.63, 3.8) is 0 Å². The summed E-state index contributed by atoms with van der Waals surface area (Å²) in [5, 5.41) is 5.10. The van der Waals surface area contributed by atoms with Gasteiger partial charge in [0, 0.05) is 10.9 Å². The molecule has 17 heavy (non-hydrogen) atoms. The predicted molar refractivity (Wildman–Crippen MR) is 72.3 cm³/mol. The van der Waals surface area contributed by atoms with Gasteiger partial charge in [0.05, 0.1) is 4.21 Å². The molecule has 1 aromatic carbocycles. The minimum Gasteiger partial charge on any atom is -0.313 e. The average molecular weight is 267 g/mol. The highest BCUT2D eigenvalue weighted by molar-refractivity contribution is 8.01. The first-order valence-corrected chi connectivity index (χ1v) is 7.08. The first kappa shape index (κ1) is 12.6. The van der Waals surface area contributed by atoms with Gasteiger partial charge in [-0.3, -0.25) is 0 Å². The quantitative estimate of drug-likeness (QED) is 0.885. The number of hydrogen-bond donors (Lipinski definition) is 1. The molecule has 0 fully saturated rings. The highest BCUT2D eigenvalue weighted by Gasteiger charge is 2.09. The largest absolute Gasteiger partial charge is 0.313 e. The summed E-state index contributed by atoms with van der Waals surface area (Å²) < 4.78 is 15.0. The molecular formula is C13H14FNS2. The third-order valence-corrected chi connectivity index (χ3v) is 4.68. The Morgan fingerprint density at radius 1 is 1.35 bits per heavy atom. The van der Waals surface area contributed by atoms with E-state index >= 15 is 0 Å². The highest BCUT2D eigenvalue weighted by atomic mass is 32.2. The van der Waals surface area contributed by atoms with E-state index in [4.69, 9.17) is 0 Å². The maximum Gasteiger partial charge on any atom is 0.137 e. The van der Waals surface area contributed by atoms with Crippen LogP contribution < -0.4 is 5.32 Å². The van der Waals surface area contributed by atoms with Crippen LogP contribution in [0.1, 0.15) is 18.5 Å². The van der Waals surface area contributed by atoms with Gasteiger partial charge in [-0.15, -0.1) is 11.3 Å². The van der Waals surface area contributed by atoms with E-state index in [1.54, 1.807) is 17.4 Å². The Labute approximate surface area is 109 Å². The van der Waals surface area contributed by atoms with Crippen molar-refractivity contribution in [1.82, 2.24) is 5.32 Å². The van der Waals surface area contributed by atoms with Crippen LogP contribution in [-0.2, 0) is 0 Å². The van der Waals surface area contributed by atoms with Crippen molar-refractivity contribution in [2.75, 3.05) is 7.05 Å². The minimum absolute atomic E-state index is 0.150. The van der Waals surface area contributed by atoms with E-state index in [1.807, 2.05) is 43.6 Å². The number of nitrogens with one attached hydrogen (secondary N) is 1. The maximum atomic E-state index is 13.9. The van der Waals surface area contributed by atoms with Crippen LogP contribution in [0.2, 0.25) is 0 Å². The van der Waals surface area contributed by atoms with E-state index in [2.05, 4.69) is 5.32 Å². The van der Waals surface area contributed by atoms with Crippen LogP contribution in [0.4, 0.5) is 4.39 Å². The second-order valence-corrected chi connectivity index (χ2v) is 6.02. The van der Waals surface area contributed by atoms with Crippen molar-refractivity contribution in [1.29, 1.82) is 0 Å². The third kappa shape index (κ3) is 3.09. The molecule has 0 spiro atoms. The molecule has 1 heterocycles. The van der Waals surface area contributed by atoms with Crippen LogP contribution in [0.25, 0.3) is 0 Å². The Morgan fingerprint density at radius 2 is 2.18 bits per heavy atom. The molecular weight excluding hydrogens is 253 g/mol. The Kier molecular flexibility index (Phi) is 4.20. The van der Waals surface area contributed by atoms with E-state index in [0.29, 0.717) is 4.90 Å². The van der Waals surface area contributed by atoms with Gasteiger partial charge in [-0.1, -0.05) is 23.9 Å². The van der Waals surface area contributed by atoms with Crippen molar-refractivity contribution < 1.29 is 4.39 Å². The van der Waals surface area contributed by atoms with Crippen LogP contribution in [0.15, 0.2) is 44.8 Å². The van der Waals surface area contributed by atoms with Crippen molar-refractivity contribution in [2.24, 2.45) is 0 Å². The van der Waals surface area contributed by atoms with E-state index in [1.165, 1.54) is 11.8 Å². The molecule has 0 aliphatic carbocycles. The molecule has 0 amide bonds. The standard InChI is InChI=1S/C13H14FNS2/c1-9(15-2)10-5-6-12(11(14)8-10)17-13-4-3-7-16-13/h3-9,15H,1-2H3.